The van der Waals surface area contributed by atoms with Crippen molar-refractivity contribution in [3.05, 3.63) is 144 Å². The van der Waals surface area contributed by atoms with Gasteiger partial charge in [0.25, 0.3) is 12.2 Å². The molecule has 16 nitrogen and oxygen atoms in total. The molecule has 68 heavy (non-hydrogen) atoms. The van der Waals surface area contributed by atoms with Crippen molar-refractivity contribution >= 4 is 56.7 Å². The molecule has 0 atom stereocenters. The molecule has 0 aliphatic carbocycles. The van der Waals surface area contributed by atoms with Gasteiger partial charge in [-0.3, -0.25) is 18.6 Å². The van der Waals surface area contributed by atoms with Gasteiger partial charge >= 0.3 is 5.97 Å². The van der Waals surface area contributed by atoms with E-state index in [1.807, 2.05) is 71.7 Å². The zero-order chi connectivity index (χ0) is 47.2. The number of carboxylic acids is 1. The number of aromatic carboxylic acids is 1. The van der Waals surface area contributed by atoms with Crippen LogP contribution in [0.2, 0.25) is 0 Å². The number of carbonyl (C=O) groups excluding carboxylic acids is 1. The Kier molecular flexibility index (Phi) is 9.74. The smallest absolute Gasteiger partial charge is 0.356 e. The number of halogens is 2. The van der Waals surface area contributed by atoms with Crippen LogP contribution in [0.1, 0.15) is 46.3 Å². The van der Waals surface area contributed by atoms with E-state index in [1.54, 1.807) is 57.6 Å². The third-order valence-electron chi connectivity index (χ3n) is 12.7. The molecular weight excluding hydrogens is 871 g/mol. The SMILES string of the molecule is Cc1ccnc2ccc(-c3c(-c4ccc(F)cc4)nc(N[n+]4cn(C)c5cc(-c6c(-c7ccc(F)cc7)nc(N)c7nc(C(=O)O)cn67)ccc54)c4nc(C(=O)N5CCC(C)(O)CC5)cn34)cc12. The van der Waals surface area contributed by atoms with Gasteiger partial charge in [-0.15, -0.1) is 4.68 Å². The number of nitrogens with one attached hydrogen (secondary N) is 1. The highest BCUT2D eigenvalue weighted by Gasteiger charge is 2.32. The van der Waals surface area contributed by atoms with E-state index in [9.17, 15) is 28.6 Å². The number of hydrogen-bond donors (Lipinski definition) is 4. The number of aromatic nitrogens is 9. The highest BCUT2D eigenvalue weighted by Crippen LogP contribution is 2.38. The van der Waals surface area contributed by atoms with E-state index >= 15 is 0 Å². The number of nitrogens with two attached hydrogens (primary N) is 1. The number of nitrogens with zero attached hydrogens (tertiary/aromatic N) is 10. The number of rotatable bonds is 8. The Hall–Kier alpha value is -8.64. The van der Waals surface area contributed by atoms with Crippen LogP contribution in [0.5, 0.6) is 0 Å². The number of amides is 1. The maximum atomic E-state index is 14.6. The van der Waals surface area contributed by atoms with E-state index in [0.29, 0.717) is 76.6 Å². The van der Waals surface area contributed by atoms with Crippen molar-refractivity contribution in [3.8, 4) is 45.0 Å². The fraction of sp³-hybridized carbons (Fsp3) is 0.160. The van der Waals surface area contributed by atoms with Crippen molar-refractivity contribution < 1.29 is 33.3 Å². The van der Waals surface area contributed by atoms with Crippen molar-refractivity contribution in [2.24, 2.45) is 7.05 Å². The predicted molar refractivity (Wildman–Crippen MR) is 250 cm³/mol. The Morgan fingerprint density at radius 3 is 2.03 bits per heavy atom. The molecule has 1 fully saturated rings. The second kappa shape index (κ2) is 15.8. The van der Waals surface area contributed by atoms with Gasteiger partial charge in [0.1, 0.15) is 17.3 Å². The molecule has 0 radical (unpaired) electrons. The number of carboxylic acid groups (broad SMARTS) is 1. The van der Waals surface area contributed by atoms with Gasteiger partial charge in [0.05, 0.1) is 40.9 Å². The predicted octanol–water partition coefficient (Wildman–Crippen LogP) is 7.50. The summed E-state index contributed by atoms with van der Waals surface area (Å²) in [5.41, 5.74) is 17.0. The van der Waals surface area contributed by atoms with Gasteiger partial charge in [-0.05, 0) is 117 Å². The maximum absolute atomic E-state index is 14.6. The minimum absolute atomic E-state index is 0.00642. The summed E-state index contributed by atoms with van der Waals surface area (Å²) in [5, 5.41) is 21.5. The van der Waals surface area contributed by atoms with Crippen LogP contribution < -0.4 is 15.8 Å². The van der Waals surface area contributed by atoms with Gasteiger partial charge in [0.15, 0.2) is 33.8 Å². The van der Waals surface area contributed by atoms with E-state index in [1.165, 1.54) is 30.5 Å². The first-order chi connectivity index (χ1) is 32.7. The number of imidazole rings is 3. The molecule has 0 bridgehead atoms. The van der Waals surface area contributed by atoms with Gasteiger partial charge in [-0.25, -0.2) is 43.5 Å². The lowest BCUT2D eigenvalue weighted by Gasteiger charge is -2.35. The van der Waals surface area contributed by atoms with Gasteiger partial charge in [0.2, 0.25) is 5.82 Å². The second-order valence-corrected chi connectivity index (χ2v) is 17.4. The van der Waals surface area contributed by atoms with Crippen molar-refractivity contribution in [2.45, 2.75) is 32.3 Å². The van der Waals surface area contributed by atoms with E-state index < -0.39 is 23.2 Å². The first-order valence-electron chi connectivity index (χ1n) is 21.7. The summed E-state index contributed by atoms with van der Waals surface area (Å²) in [6.45, 7) is 4.49. The first-order valence-corrected chi connectivity index (χ1v) is 21.7. The van der Waals surface area contributed by atoms with Crippen molar-refractivity contribution in [3.63, 3.8) is 0 Å². The van der Waals surface area contributed by atoms with Gasteiger partial charge in [-0.2, -0.15) is 0 Å². The lowest BCUT2D eigenvalue weighted by Crippen LogP contribution is -2.45. The van der Waals surface area contributed by atoms with E-state index in [-0.39, 0.29) is 34.6 Å². The highest BCUT2D eigenvalue weighted by molar-refractivity contribution is 5.96. The van der Waals surface area contributed by atoms with E-state index in [0.717, 1.165) is 27.5 Å². The van der Waals surface area contributed by atoms with E-state index in [4.69, 9.17) is 15.7 Å². The summed E-state index contributed by atoms with van der Waals surface area (Å²) >= 11 is 0. The molecule has 10 aromatic rings. The first kappa shape index (κ1) is 42.0. The zero-order valence-electron chi connectivity index (χ0n) is 36.8. The number of pyridine rings is 1. The molecule has 0 unspecified atom stereocenters. The molecule has 338 valence electrons. The summed E-state index contributed by atoms with van der Waals surface area (Å²) in [6.07, 6.45) is 7.49. The molecule has 4 aromatic carbocycles. The summed E-state index contributed by atoms with van der Waals surface area (Å²) < 4.78 is 35.8. The van der Waals surface area contributed by atoms with Crippen LogP contribution in [0.15, 0.2) is 116 Å². The molecule has 1 aliphatic rings. The number of fused-ring (bicyclic) bond motifs is 4. The molecular formula is C50H41F2N12O4+. The Bertz CT molecular complexity index is 3700. The summed E-state index contributed by atoms with van der Waals surface area (Å²) in [7, 11) is 1.86. The van der Waals surface area contributed by atoms with Crippen molar-refractivity contribution in [1.29, 1.82) is 0 Å². The third kappa shape index (κ3) is 7.17. The number of likely N-dealkylation sites (tertiary alicyclic amines) is 1. The number of nitrogen functional groups attached to an aromatic ring is 1. The minimum Gasteiger partial charge on any atom is -0.476 e. The van der Waals surface area contributed by atoms with E-state index in [2.05, 4.69) is 20.4 Å². The van der Waals surface area contributed by atoms with Gasteiger partial charge < -0.3 is 20.8 Å². The molecule has 1 saturated heterocycles. The number of piperidine rings is 1. The standard InChI is InChI=1S/C50H40F2N12O4/c1-27-16-19-54-35-14-8-30(22-34(27)35)42-41(29-6-12-33(52)13-7-29)58-45(47-55-36(24-63(42)47)48(65)61-20-17-50(2,68)18-21-61)59-64-26-60(3)39-23-31(9-15-38(39)64)43-40(28-4-10-32(51)11-5-28)57-44(53)46-56-37(49(66)67)25-62(43)46/h4-16,19,22-26,68H,17-18,20-21H2,1-3H3,(H3-,53,57,58,59,66,67)/p+1. The fourth-order valence-electron chi connectivity index (χ4n) is 9.01. The monoisotopic (exact) mass is 911 g/mol. The average Bonchev–Trinajstić information content (AvgIpc) is 4.06. The second-order valence-electron chi connectivity index (χ2n) is 17.4. The molecule has 11 rings (SSSR count). The topological polar surface area (TPSA) is 198 Å². The van der Waals surface area contributed by atoms with Crippen LogP contribution >= 0.6 is 0 Å². The molecule has 7 heterocycles. The number of aliphatic hydroxyl groups is 1. The Morgan fingerprint density at radius 2 is 1.35 bits per heavy atom. The maximum Gasteiger partial charge on any atom is 0.356 e. The van der Waals surface area contributed by atoms with Crippen LogP contribution in [-0.4, -0.2) is 84.0 Å². The molecule has 0 spiro atoms. The number of benzene rings is 4. The van der Waals surface area contributed by atoms with Crippen molar-refractivity contribution in [1.82, 2.24) is 43.2 Å². The molecule has 1 amide bonds. The summed E-state index contributed by atoms with van der Waals surface area (Å²) in [4.78, 5) is 51.8. The Balaban J connectivity index is 1.10. The quantitative estimate of drug-likeness (QED) is 0.110. The highest BCUT2D eigenvalue weighted by atomic mass is 19.1. The Morgan fingerprint density at radius 1 is 0.765 bits per heavy atom. The Labute approximate surface area is 385 Å². The summed E-state index contributed by atoms with van der Waals surface area (Å²) in [5.74, 6) is -2.13. The molecule has 6 aromatic heterocycles. The normalized spacial score (nSPS) is 13.8. The number of carbonyl (C=O) groups is 2. The number of hydrogen-bond acceptors (Lipinski definition) is 10. The average molecular weight is 912 g/mol. The summed E-state index contributed by atoms with van der Waals surface area (Å²) in [6, 6.07) is 25.3. The lowest BCUT2D eigenvalue weighted by atomic mass is 9.94. The third-order valence-corrected chi connectivity index (χ3v) is 12.7. The van der Waals surface area contributed by atoms with Crippen LogP contribution in [0, 0.1) is 18.6 Å². The molecule has 18 heteroatoms. The van der Waals surface area contributed by atoms with Gasteiger partial charge in [0, 0.05) is 59.3 Å². The van der Waals surface area contributed by atoms with Crippen LogP contribution in [0.3, 0.4) is 0 Å². The molecule has 1 aliphatic heterocycles. The van der Waals surface area contributed by atoms with Gasteiger partial charge in [-0.1, -0.05) is 6.07 Å². The number of anilines is 2. The molecule has 0 saturated carbocycles. The van der Waals surface area contributed by atoms with Crippen LogP contribution in [0.25, 0.3) is 78.3 Å². The molecule has 5 N–H and O–H groups in total. The minimum atomic E-state index is -1.25. The number of aryl methyl sites for hydroxylation is 2. The fourth-order valence-corrected chi connectivity index (χ4v) is 9.01. The zero-order valence-corrected chi connectivity index (χ0v) is 36.8. The van der Waals surface area contributed by atoms with Crippen LogP contribution in [-0.2, 0) is 7.05 Å². The van der Waals surface area contributed by atoms with Crippen LogP contribution in [0.4, 0.5) is 20.4 Å². The largest absolute Gasteiger partial charge is 0.476 e. The van der Waals surface area contributed by atoms with Crippen molar-refractivity contribution in [2.75, 3.05) is 24.2 Å². The lowest BCUT2D eigenvalue weighted by molar-refractivity contribution is -0.616.